The van der Waals surface area contributed by atoms with Crippen LogP contribution >= 0.6 is 35.3 Å². The van der Waals surface area contributed by atoms with E-state index in [1.165, 1.54) is 35.3 Å². The Labute approximate surface area is 566 Å². The van der Waals surface area contributed by atoms with Crippen molar-refractivity contribution in [3.63, 3.8) is 0 Å². The molecule has 0 aromatic heterocycles. The third-order valence-corrected chi connectivity index (χ3v) is 16.8. The summed E-state index contributed by atoms with van der Waals surface area (Å²) in [5.41, 5.74) is 24.6. The molecule has 398 valence electrons. The van der Waals surface area contributed by atoms with Crippen molar-refractivity contribution in [2.75, 3.05) is 19.6 Å². The van der Waals surface area contributed by atoms with Crippen LogP contribution in [0.1, 0.15) is 99.3 Å². The Kier molecular flexibility index (Phi) is 34.7. The second-order valence-electron chi connectivity index (χ2n) is 19.2. The predicted octanol–water partition coefficient (Wildman–Crippen LogP) is -12.1. The van der Waals surface area contributed by atoms with Crippen LogP contribution in [0.5, 0.6) is 0 Å². The van der Waals surface area contributed by atoms with E-state index in [9.17, 15) is 63.6 Å². The Hall–Kier alpha value is 0.909. The minimum atomic E-state index is -1.38. The van der Waals surface area contributed by atoms with Gasteiger partial charge in [0.05, 0.1) is 22.2 Å². The Bertz CT molecular complexity index is 1920. The predicted molar refractivity (Wildman–Crippen MR) is 264 cm³/mol. The molecule has 0 saturated carbocycles. The van der Waals surface area contributed by atoms with E-state index in [1.807, 2.05) is 0 Å². The molecule has 3 saturated heterocycles. The minimum Gasteiger partial charge on any atom is -0.480 e. The number of carbonyl (C=O) groups is 9. The van der Waals surface area contributed by atoms with Gasteiger partial charge in [-0.3, -0.25) is 54.3 Å². The van der Waals surface area contributed by atoms with Gasteiger partial charge in [0.2, 0.25) is 29.5 Å². The van der Waals surface area contributed by atoms with E-state index in [0.29, 0.717) is 25.7 Å². The van der Waals surface area contributed by atoms with Crippen LogP contribution in [0.4, 0.5) is 0 Å². The monoisotopic (exact) mass is 1170 g/mol. The van der Waals surface area contributed by atoms with Gasteiger partial charge in [0.1, 0.15) is 48.3 Å². The molecule has 6 unspecified atom stereocenters. The Morgan fingerprint density at radius 3 is 1.03 bits per heavy atom. The van der Waals surface area contributed by atoms with E-state index >= 15 is 0 Å². The number of unbranched alkanes of at least 4 members (excludes halogenated alkanes) is 3. The molecule has 20 N–H and O–H groups in total. The fourth-order valence-corrected chi connectivity index (χ4v) is 12.4. The molecule has 31 heteroatoms. The number of rotatable bonds is 29. The van der Waals surface area contributed by atoms with E-state index in [4.69, 9.17) is 22.9 Å². The molecule has 3 aliphatic heterocycles. The maximum atomic E-state index is 13.7. The number of nitrogens with one attached hydrogen (secondary N) is 8. The van der Waals surface area contributed by atoms with E-state index in [1.54, 1.807) is 41.5 Å². The third kappa shape index (κ3) is 23.1. The first-order valence-corrected chi connectivity index (χ1v) is 25.8. The van der Waals surface area contributed by atoms with E-state index in [-0.39, 0.29) is 206 Å². The SMILES string of the molecule is CC1(C)SC([C@H](N)C(=O)NCCCCC(N)C(=O)NC(CCCCNC(=O)[C@@H](N)C2N[C@@H](C(=O)O)C(C)(C)S2)C(=O)NC(CCCCNC(=O)[C@@H](N)C2N[C@@H](C(=O)O)C(C)(C)S2)C(=O)O)N[C@H]1C(=O)O.[K+].[K+].[K+]. The fourth-order valence-electron chi connectivity index (χ4n) is 8.06. The van der Waals surface area contributed by atoms with Gasteiger partial charge < -0.3 is 69.9 Å². The summed E-state index contributed by atoms with van der Waals surface area (Å²) in [5, 5.41) is 58.5. The second kappa shape index (κ2) is 34.3. The first-order valence-electron chi connectivity index (χ1n) is 23.2. The van der Waals surface area contributed by atoms with Crippen molar-refractivity contribution in [1.29, 1.82) is 0 Å². The molecule has 0 spiro atoms. The van der Waals surface area contributed by atoms with Gasteiger partial charge >= 0.3 is 178 Å². The molecule has 5 amide bonds. The van der Waals surface area contributed by atoms with Crippen molar-refractivity contribution in [1.82, 2.24) is 42.5 Å². The van der Waals surface area contributed by atoms with Gasteiger partial charge in [0.25, 0.3) is 0 Å². The van der Waals surface area contributed by atoms with Gasteiger partial charge in [-0.15, -0.1) is 35.3 Å². The zero-order valence-corrected chi connectivity index (χ0v) is 55.2. The van der Waals surface area contributed by atoms with Gasteiger partial charge in [-0.25, -0.2) is 4.79 Å². The van der Waals surface area contributed by atoms with Gasteiger partial charge in [-0.05, 0) is 99.3 Å². The summed E-state index contributed by atoms with van der Waals surface area (Å²) in [4.78, 5) is 113. The summed E-state index contributed by atoms with van der Waals surface area (Å²) in [6.07, 6.45) is 2.04. The number of hydrogen-bond acceptors (Lipinski definition) is 19. The fraction of sp³-hybridized carbons (Fsp3) is 0.786. The van der Waals surface area contributed by atoms with Crippen LogP contribution in [0.2, 0.25) is 0 Å². The summed E-state index contributed by atoms with van der Waals surface area (Å²) in [6.45, 7) is 10.9. The molecule has 0 aromatic carbocycles. The summed E-state index contributed by atoms with van der Waals surface area (Å²) in [6, 6.07) is -9.61. The average Bonchev–Trinajstić information content (AvgIpc) is 3.91. The molecular formula is C42H74K3N12O13S3+3. The molecule has 0 radical (unpaired) electrons. The molecule has 0 aliphatic carbocycles. The molecule has 3 fully saturated rings. The topological polar surface area (TPSA) is 435 Å². The largest absolute Gasteiger partial charge is 1.00 e. The van der Waals surface area contributed by atoms with Crippen LogP contribution in [-0.2, 0) is 43.2 Å². The standard InChI is InChI=1S/C42H74N12O13S3.3K/c1-40(2)25(37(62)63)52-33(68-40)22(44)30(57)47-16-10-7-13-19(43)28(55)50-20(14-8-11-17-48-31(58)23(45)34-53-26(38(64)65)41(3,4)69-34)29(56)51-21(36(60)61)15-9-12-18-49-32(59)24(46)35-54-27(39(66)67)42(5,6)70-35;;;/h19-27,33-35,52-54H,7-18,43-46H2,1-6H3,(H,47,57)(H,48,58)(H,49,59)(H,50,55)(H,51,56)(H,60,61)(H,62,63)(H,64,65)(H,66,67);;;/q;3*+1/t19?,20?,21?,22-,23-,24-,25+,26+,27+,33?,34?,35?;;;/m1.../s1. The van der Waals surface area contributed by atoms with Crippen LogP contribution in [0.3, 0.4) is 0 Å². The van der Waals surface area contributed by atoms with Crippen LogP contribution in [0.25, 0.3) is 0 Å². The molecule has 0 bridgehead atoms. The van der Waals surface area contributed by atoms with Gasteiger partial charge in [-0.2, -0.15) is 0 Å². The number of carbonyl (C=O) groups excluding carboxylic acids is 5. The Morgan fingerprint density at radius 2 is 0.740 bits per heavy atom. The molecule has 3 heterocycles. The first-order chi connectivity index (χ1) is 32.5. The van der Waals surface area contributed by atoms with E-state index in [2.05, 4.69) is 42.5 Å². The summed E-state index contributed by atoms with van der Waals surface area (Å²) < 4.78 is -2.13. The molecule has 3 rings (SSSR count). The van der Waals surface area contributed by atoms with E-state index in [0.717, 1.165) is 0 Å². The van der Waals surface area contributed by atoms with Crippen molar-refractivity contribution in [3.8, 4) is 0 Å². The van der Waals surface area contributed by atoms with Gasteiger partial charge in [-0.1, -0.05) is 0 Å². The van der Waals surface area contributed by atoms with Crippen LogP contribution in [0.15, 0.2) is 0 Å². The van der Waals surface area contributed by atoms with Crippen molar-refractivity contribution >= 4 is 88.7 Å². The molecule has 12 atom stereocenters. The zero-order valence-electron chi connectivity index (χ0n) is 43.4. The molecule has 3 aliphatic rings. The summed E-state index contributed by atoms with van der Waals surface area (Å²) in [5.74, 6) is -7.55. The number of carboxylic acids is 4. The van der Waals surface area contributed by atoms with Crippen LogP contribution in [0, 0.1) is 0 Å². The number of aliphatic carboxylic acids is 4. The van der Waals surface area contributed by atoms with Gasteiger partial charge in [0, 0.05) is 33.9 Å². The van der Waals surface area contributed by atoms with Crippen LogP contribution in [-0.4, -0.2) is 178 Å². The molecule has 25 nitrogen and oxygen atoms in total. The van der Waals surface area contributed by atoms with Crippen molar-refractivity contribution in [2.24, 2.45) is 22.9 Å². The average molecular weight is 1170 g/mol. The maximum Gasteiger partial charge on any atom is 1.00 e. The zero-order chi connectivity index (χ0) is 52.9. The molecule has 73 heavy (non-hydrogen) atoms. The molecule has 0 aromatic rings. The second-order valence-corrected chi connectivity index (χ2v) is 24.6. The van der Waals surface area contributed by atoms with Crippen molar-refractivity contribution in [3.05, 3.63) is 0 Å². The van der Waals surface area contributed by atoms with Crippen molar-refractivity contribution in [2.45, 2.75) is 184 Å². The Balaban J connectivity index is 0.0000173. The quantitative estimate of drug-likeness (QED) is 0.0244. The smallest absolute Gasteiger partial charge is 0.480 e. The number of hydrogen-bond donors (Lipinski definition) is 16. The van der Waals surface area contributed by atoms with Gasteiger partial charge in [0.15, 0.2) is 0 Å². The first kappa shape index (κ1) is 73.9. The van der Waals surface area contributed by atoms with Crippen molar-refractivity contribution < 1.29 is 218 Å². The molecular weight excluding hydrogens is 1090 g/mol. The number of nitrogens with two attached hydrogens (primary N) is 4. The number of thioether (sulfide) groups is 3. The third-order valence-electron chi connectivity index (χ3n) is 12.3. The van der Waals surface area contributed by atoms with Crippen LogP contribution < -0.4 is 220 Å². The minimum absolute atomic E-state index is 0. The Morgan fingerprint density at radius 1 is 0.452 bits per heavy atom. The normalized spacial score (nSPS) is 24.7. The summed E-state index contributed by atoms with van der Waals surface area (Å²) in [7, 11) is 0. The number of amides is 5. The van der Waals surface area contributed by atoms with E-state index < -0.39 is 138 Å². The summed E-state index contributed by atoms with van der Waals surface area (Å²) >= 11 is 3.75. The maximum absolute atomic E-state index is 13.7. The number of carboxylic acid groups (broad SMARTS) is 4.